The number of anilines is 2. The lowest BCUT2D eigenvalue weighted by Crippen LogP contribution is -2.58. The van der Waals surface area contributed by atoms with Crippen molar-refractivity contribution in [2.24, 2.45) is 21.5 Å². The van der Waals surface area contributed by atoms with Gasteiger partial charge >= 0.3 is 0 Å². The first kappa shape index (κ1) is 19.0. The average molecular weight is 372 g/mol. The van der Waals surface area contributed by atoms with Gasteiger partial charge in [0.15, 0.2) is 0 Å². The van der Waals surface area contributed by atoms with Crippen LogP contribution in [0.2, 0.25) is 0 Å². The number of hydrogen-bond acceptors (Lipinski definition) is 7. The first-order chi connectivity index (χ1) is 13.0. The Labute approximate surface area is 159 Å². The van der Waals surface area contributed by atoms with E-state index in [1.54, 1.807) is 7.11 Å². The molecule has 1 spiro atoms. The third kappa shape index (κ3) is 3.84. The monoisotopic (exact) mass is 372 g/mol. The fourth-order valence-electron chi connectivity index (χ4n) is 3.84. The van der Waals surface area contributed by atoms with Crippen LogP contribution >= 0.6 is 0 Å². The van der Waals surface area contributed by atoms with Crippen molar-refractivity contribution in [1.82, 2.24) is 0 Å². The van der Waals surface area contributed by atoms with Crippen LogP contribution in [0.3, 0.4) is 0 Å². The van der Waals surface area contributed by atoms with Crippen molar-refractivity contribution in [3.8, 4) is 5.75 Å². The second kappa shape index (κ2) is 7.85. The first-order valence-corrected chi connectivity index (χ1v) is 9.46. The maximum absolute atomic E-state index is 12.2. The largest absolute Gasteiger partial charge is 0.497 e. The number of methoxy groups -OCH3 is 1. The second-order valence-electron chi connectivity index (χ2n) is 7.00. The van der Waals surface area contributed by atoms with Gasteiger partial charge in [-0.3, -0.25) is 9.69 Å². The van der Waals surface area contributed by atoms with E-state index in [0.717, 1.165) is 44.2 Å². The molecule has 1 saturated carbocycles. The molecule has 0 saturated heterocycles. The molecule has 1 fully saturated rings. The standard InChI is InChI=1S/C19H28N6O2/c1-3-7-16(26)22-14-9-8-13(27-2)12-15(14)25-18(21)23-17(20)24-19(25)10-5-4-6-11-19/h8-9,12H,3-7,10-11H2,1-2H3,(H,22,26)(H4,20,21,23,24). The van der Waals surface area contributed by atoms with E-state index in [2.05, 4.69) is 10.3 Å². The van der Waals surface area contributed by atoms with Crippen molar-refractivity contribution < 1.29 is 9.53 Å². The lowest BCUT2D eigenvalue weighted by Gasteiger charge is -2.46. The maximum Gasteiger partial charge on any atom is 0.224 e. The van der Waals surface area contributed by atoms with E-state index < -0.39 is 5.66 Å². The van der Waals surface area contributed by atoms with Gasteiger partial charge in [-0.05, 0) is 44.2 Å². The van der Waals surface area contributed by atoms with Crippen LogP contribution in [0.25, 0.3) is 0 Å². The molecule has 5 N–H and O–H groups in total. The topological polar surface area (TPSA) is 118 Å². The SMILES string of the molecule is CCCC(=O)Nc1ccc(OC)cc1N1C(N)=NC(N)=NC12CCCCC2. The van der Waals surface area contributed by atoms with Crippen molar-refractivity contribution in [3.05, 3.63) is 18.2 Å². The van der Waals surface area contributed by atoms with Gasteiger partial charge in [0.1, 0.15) is 11.4 Å². The zero-order valence-corrected chi connectivity index (χ0v) is 16.0. The minimum absolute atomic E-state index is 0.0443. The highest BCUT2D eigenvalue weighted by atomic mass is 16.5. The van der Waals surface area contributed by atoms with Crippen molar-refractivity contribution in [3.63, 3.8) is 0 Å². The zero-order valence-electron chi connectivity index (χ0n) is 16.0. The molecule has 8 heteroatoms. The summed E-state index contributed by atoms with van der Waals surface area (Å²) in [6.07, 6.45) is 6.08. The predicted molar refractivity (Wildman–Crippen MR) is 108 cm³/mol. The third-order valence-corrected chi connectivity index (χ3v) is 5.05. The van der Waals surface area contributed by atoms with Gasteiger partial charge in [0.2, 0.25) is 17.8 Å². The highest BCUT2D eigenvalue weighted by molar-refractivity contribution is 6.08. The summed E-state index contributed by atoms with van der Waals surface area (Å²) < 4.78 is 5.40. The van der Waals surface area contributed by atoms with E-state index in [0.29, 0.717) is 17.9 Å². The van der Waals surface area contributed by atoms with E-state index in [4.69, 9.17) is 21.2 Å². The van der Waals surface area contributed by atoms with Crippen molar-refractivity contribution in [2.75, 3.05) is 17.3 Å². The number of nitrogens with one attached hydrogen (secondary N) is 1. The number of hydrogen-bond donors (Lipinski definition) is 3. The summed E-state index contributed by atoms with van der Waals surface area (Å²) in [5, 5.41) is 2.99. The number of rotatable bonds is 5. The van der Waals surface area contributed by atoms with Gasteiger partial charge in [-0.2, -0.15) is 4.99 Å². The molecule has 1 amide bonds. The summed E-state index contributed by atoms with van der Waals surface area (Å²) in [6.45, 7) is 1.97. The van der Waals surface area contributed by atoms with Crippen LogP contribution in [0.15, 0.2) is 28.2 Å². The van der Waals surface area contributed by atoms with Crippen molar-refractivity contribution in [1.29, 1.82) is 0 Å². The molecule has 0 bridgehead atoms. The summed E-state index contributed by atoms with van der Waals surface area (Å²) in [5.74, 6) is 1.10. The molecular weight excluding hydrogens is 344 g/mol. The number of ether oxygens (including phenoxy) is 1. The first-order valence-electron chi connectivity index (χ1n) is 9.46. The van der Waals surface area contributed by atoms with E-state index in [1.807, 2.05) is 30.0 Å². The number of carbonyl (C=O) groups excluding carboxylic acids is 1. The van der Waals surface area contributed by atoms with E-state index in [9.17, 15) is 4.79 Å². The Morgan fingerprint density at radius 3 is 2.70 bits per heavy atom. The molecule has 1 heterocycles. The summed E-state index contributed by atoms with van der Waals surface area (Å²) in [7, 11) is 1.61. The van der Waals surface area contributed by atoms with Gasteiger partial charge in [-0.15, -0.1) is 0 Å². The second-order valence-corrected chi connectivity index (χ2v) is 7.00. The van der Waals surface area contributed by atoms with Crippen LogP contribution in [0.1, 0.15) is 51.9 Å². The Bertz CT molecular complexity index is 767. The summed E-state index contributed by atoms with van der Waals surface area (Å²) in [4.78, 5) is 23.0. The fourth-order valence-corrected chi connectivity index (χ4v) is 3.84. The highest BCUT2D eigenvalue weighted by Crippen LogP contribution is 2.43. The lowest BCUT2D eigenvalue weighted by atomic mass is 9.87. The molecule has 3 rings (SSSR count). The maximum atomic E-state index is 12.2. The van der Waals surface area contributed by atoms with Gasteiger partial charge < -0.3 is 21.5 Å². The van der Waals surface area contributed by atoms with Crippen LogP contribution in [0.4, 0.5) is 11.4 Å². The molecule has 0 atom stereocenters. The van der Waals surface area contributed by atoms with Crippen LogP contribution < -0.4 is 26.4 Å². The quantitative estimate of drug-likeness (QED) is 0.734. The molecule has 8 nitrogen and oxygen atoms in total. The predicted octanol–water partition coefficient (Wildman–Crippen LogP) is 2.54. The molecule has 27 heavy (non-hydrogen) atoms. The number of benzene rings is 1. The molecule has 146 valence electrons. The Balaban J connectivity index is 2.08. The molecule has 1 aromatic carbocycles. The average Bonchev–Trinajstić information content (AvgIpc) is 2.63. The molecule has 1 aliphatic heterocycles. The molecular formula is C19H28N6O2. The number of nitrogens with two attached hydrogens (primary N) is 2. The van der Waals surface area contributed by atoms with Gasteiger partial charge in [0.05, 0.1) is 18.5 Å². The van der Waals surface area contributed by atoms with Crippen LogP contribution in [-0.4, -0.2) is 30.6 Å². The number of amides is 1. The van der Waals surface area contributed by atoms with Crippen molar-refractivity contribution >= 4 is 29.2 Å². The Morgan fingerprint density at radius 2 is 2.04 bits per heavy atom. The lowest BCUT2D eigenvalue weighted by molar-refractivity contribution is -0.116. The van der Waals surface area contributed by atoms with E-state index in [1.165, 1.54) is 0 Å². The number of carbonyl (C=O) groups is 1. The molecule has 0 aromatic heterocycles. The minimum Gasteiger partial charge on any atom is -0.497 e. The van der Waals surface area contributed by atoms with Crippen LogP contribution in [0.5, 0.6) is 5.75 Å². The Kier molecular flexibility index (Phi) is 5.53. The summed E-state index contributed by atoms with van der Waals surface area (Å²) >= 11 is 0. The summed E-state index contributed by atoms with van der Waals surface area (Å²) in [5.41, 5.74) is 13.1. The number of guanidine groups is 2. The van der Waals surface area contributed by atoms with Crippen LogP contribution in [0, 0.1) is 0 Å². The van der Waals surface area contributed by atoms with Crippen LogP contribution in [-0.2, 0) is 4.79 Å². The molecule has 1 aliphatic carbocycles. The third-order valence-electron chi connectivity index (χ3n) is 5.05. The van der Waals surface area contributed by atoms with E-state index in [-0.39, 0.29) is 17.8 Å². The smallest absolute Gasteiger partial charge is 0.224 e. The minimum atomic E-state index is -0.579. The Morgan fingerprint density at radius 1 is 1.30 bits per heavy atom. The zero-order chi connectivity index (χ0) is 19.4. The van der Waals surface area contributed by atoms with Crippen molar-refractivity contribution in [2.45, 2.75) is 57.5 Å². The molecule has 2 aliphatic rings. The fraction of sp³-hybridized carbons (Fsp3) is 0.526. The normalized spacial score (nSPS) is 18.7. The molecule has 0 radical (unpaired) electrons. The van der Waals surface area contributed by atoms with Gasteiger partial charge in [-0.25, -0.2) is 4.99 Å². The molecule has 0 unspecified atom stereocenters. The number of nitrogens with zero attached hydrogens (tertiary/aromatic N) is 3. The summed E-state index contributed by atoms with van der Waals surface area (Å²) in [6, 6.07) is 5.50. The molecule has 1 aromatic rings. The number of aliphatic imine (C=N–C) groups is 2. The van der Waals surface area contributed by atoms with Gasteiger partial charge in [0, 0.05) is 12.5 Å². The van der Waals surface area contributed by atoms with E-state index >= 15 is 0 Å². The van der Waals surface area contributed by atoms with Gasteiger partial charge in [0.25, 0.3) is 0 Å². The highest BCUT2D eigenvalue weighted by Gasteiger charge is 2.43. The Hall–Kier alpha value is -2.77. The van der Waals surface area contributed by atoms with Gasteiger partial charge in [-0.1, -0.05) is 13.3 Å².